The van der Waals surface area contributed by atoms with Gasteiger partial charge in [-0.05, 0) is 18.8 Å². The fraction of sp³-hybridized carbons (Fsp3) is 0.636. The van der Waals surface area contributed by atoms with E-state index >= 15 is 0 Å². The summed E-state index contributed by atoms with van der Waals surface area (Å²) in [5.41, 5.74) is 2.94. The van der Waals surface area contributed by atoms with E-state index in [1.54, 1.807) is 0 Å². The molecule has 5 nitrogen and oxygen atoms in total. The molecule has 0 aromatic carbocycles. The van der Waals surface area contributed by atoms with Gasteiger partial charge in [0.05, 0.1) is 0 Å². The fourth-order valence-electron chi connectivity index (χ4n) is 2.10. The van der Waals surface area contributed by atoms with E-state index in [1.165, 1.54) is 6.42 Å². The number of nitrogens with two attached hydrogens (primary N) is 1. The van der Waals surface area contributed by atoms with Gasteiger partial charge in [0.25, 0.3) is 0 Å². The van der Waals surface area contributed by atoms with Gasteiger partial charge in [-0.25, -0.2) is 15.8 Å². The van der Waals surface area contributed by atoms with Crippen molar-refractivity contribution in [1.29, 1.82) is 0 Å². The predicted molar refractivity (Wildman–Crippen MR) is 65.2 cm³/mol. The summed E-state index contributed by atoms with van der Waals surface area (Å²) in [6, 6.07) is 1.90. The predicted octanol–water partition coefficient (Wildman–Crippen LogP) is 1.31. The third-order valence-electron chi connectivity index (χ3n) is 2.97. The fourth-order valence-corrected chi connectivity index (χ4v) is 2.10. The van der Waals surface area contributed by atoms with Crippen molar-refractivity contribution in [2.75, 3.05) is 23.4 Å². The number of anilines is 2. The van der Waals surface area contributed by atoms with Gasteiger partial charge in [0.2, 0.25) is 0 Å². The molecule has 1 saturated heterocycles. The molecule has 0 radical (unpaired) electrons. The van der Waals surface area contributed by atoms with Crippen LogP contribution >= 0.6 is 0 Å². The van der Waals surface area contributed by atoms with Crippen molar-refractivity contribution < 1.29 is 0 Å². The first-order valence-corrected chi connectivity index (χ1v) is 5.57. The van der Waals surface area contributed by atoms with E-state index in [0.29, 0.717) is 11.2 Å². The lowest BCUT2D eigenvalue weighted by Crippen LogP contribution is -2.24. The minimum atomic E-state index is 0.370. The molecular formula is C11H19N5. The second-order valence-corrected chi connectivity index (χ2v) is 5.14. The summed E-state index contributed by atoms with van der Waals surface area (Å²) in [6.45, 7) is 8.53. The second kappa shape index (κ2) is 3.90. The molecule has 2 rings (SSSR count). The van der Waals surface area contributed by atoms with Gasteiger partial charge in [0, 0.05) is 19.2 Å². The van der Waals surface area contributed by atoms with E-state index in [0.717, 1.165) is 24.7 Å². The summed E-state index contributed by atoms with van der Waals surface area (Å²) in [7, 11) is 0. The van der Waals surface area contributed by atoms with E-state index < -0.39 is 0 Å². The number of nitrogen functional groups attached to an aromatic ring is 1. The van der Waals surface area contributed by atoms with Crippen molar-refractivity contribution in [3.8, 4) is 0 Å². The van der Waals surface area contributed by atoms with Crippen LogP contribution in [0, 0.1) is 12.3 Å². The zero-order valence-corrected chi connectivity index (χ0v) is 10.1. The molecule has 0 aliphatic carbocycles. The average molecular weight is 221 g/mol. The highest BCUT2D eigenvalue weighted by molar-refractivity contribution is 5.49. The number of aryl methyl sites for hydroxylation is 1. The summed E-state index contributed by atoms with van der Waals surface area (Å²) in [6.07, 6.45) is 1.20. The molecule has 1 aliphatic heterocycles. The number of hydrogen-bond acceptors (Lipinski definition) is 5. The Kier molecular flexibility index (Phi) is 2.71. The average Bonchev–Trinajstić information content (AvgIpc) is 2.58. The maximum atomic E-state index is 5.38. The Morgan fingerprint density at radius 3 is 2.75 bits per heavy atom. The normalized spacial score (nSPS) is 18.9. The molecule has 1 fully saturated rings. The number of aromatic nitrogens is 2. The lowest BCUT2D eigenvalue weighted by atomic mass is 9.93. The molecule has 2 heterocycles. The topological polar surface area (TPSA) is 67.1 Å². The smallest absolute Gasteiger partial charge is 0.145 e. The highest BCUT2D eigenvalue weighted by Crippen LogP contribution is 2.32. The van der Waals surface area contributed by atoms with Crippen molar-refractivity contribution in [3.63, 3.8) is 0 Å². The van der Waals surface area contributed by atoms with Crippen LogP contribution in [0.1, 0.15) is 26.1 Å². The van der Waals surface area contributed by atoms with Gasteiger partial charge in [0.15, 0.2) is 0 Å². The van der Waals surface area contributed by atoms with Gasteiger partial charge >= 0.3 is 0 Å². The van der Waals surface area contributed by atoms with Crippen molar-refractivity contribution >= 4 is 11.6 Å². The third kappa shape index (κ3) is 2.24. The van der Waals surface area contributed by atoms with Gasteiger partial charge in [-0.1, -0.05) is 13.8 Å². The maximum absolute atomic E-state index is 5.38. The zero-order chi connectivity index (χ0) is 11.8. The second-order valence-electron chi connectivity index (χ2n) is 5.14. The number of hydrazine groups is 1. The van der Waals surface area contributed by atoms with E-state index in [9.17, 15) is 0 Å². The Morgan fingerprint density at radius 1 is 1.44 bits per heavy atom. The lowest BCUT2D eigenvalue weighted by Gasteiger charge is -2.21. The molecule has 0 spiro atoms. The molecule has 1 aliphatic rings. The van der Waals surface area contributed by atoms with Crippen molar-refractivity contribution in [2.24, 2.45) is 11.3 Å². The molecule has 0 saturated carbocycles. The molecule has 0 atom stereocenters. The Hall–Kier alpha value is -1.36. The molecule has 88 valence electrons. The first kappa shape index (κ1) is 11.1. The molecule has 0 unspecified atom stereocenters. The van der Waals surface area contributed by atoms with Crippen LogP contribution in [-0.4, -0.2) is 23.1 Å². The van der Waals surface area contributed by atoms with Crippen LogP contribution in [0.4, 0.5) is 11.6 Å². The molecule has 0 bridgehead atoms. The monoisotopic (exact) mass is 221 g/mol. The first-order chi connectivity index (χ1) is 7.50. The summed E-state index contributed by atoms with van der Waals surface area (Å²) in [5.74, 6) is 7.76. The molecule has 1 aromatic heterocycles. The van der Waals surface area contributed by atoms with Gasteiger partial charge in [-0.3, -0.25) is 0 Å². The Morgan fingerprint density at radius 2 is 2.19 bits per heavy atom. The van der Waals surface area contributed by atoms with E-state index in [-0.39, 0.29) is 0 Å². The van der Waals surface area contributed by atoms with Crippen molar-refractivity contribution in [2.45, 2.75) is 27.2 Å². The van der Waals surface area contributed by atoms with Crippen LogP contribution in [0.5, 0.6) is 0 Å². The van der Waals surface area contributed by atoms with E-state index in [4.69, 9.17) is 5.84 Å². The molecule has 5 heteroatoms. The number of hydrogen-bond donors (Lipinski definition) is 2. The maximum Gasteiger partial charge on any atom is 0.145 e. The summed E-state index contributed by atoms with van der Waals surface area (Å²) >= 11 is 0. The zero-order valence-electron chi connectivity index (χ0n) is 10.1. The summed E-state index contributed by atoms with van der Waals surface area (Å²) in [5, 5.41) is 0. The van der Waals surface area contributed by atoms with Gasteiger partial charge in [-0.15, -0.1) is 0 Å². The summed E-state index contributed by atoms with van der Waals surface area (Å²) in [4.78, 5) is 10.9. The molecule has 16 heavy (non-hydrogen) atoms. The quantitative estimate of drug-likeness (QED) is 0.582. The van der Waals surface area contributed by atoms with E-state index in [1.807, 2.05) is 13.0 Å². The largest absolute Gasteiger partial charge is 0.356 e. The van der Waals surface area contributed by atoms with Gasteiger partial charge < -0.3 is 10.3 Å². The van der Waals surface area contributed by atoms with Crippen LogP contribution < -0.4 is 16.2 Å². The third-order valence-corrected chi connectivity index (χ3v) is 2.97. The highest BCUT2D eigenvalue weighted by atomic mass is 15.3. The first-order valence-electron chi connectivity index (χ1n) is 5.57. The Labute approximate surface area is 96.0 Å². The van der Waals surface area contributed by atoms with E-state index in [2.05, 4.69) is 34.1 Å². The Balaban J connectivity index is 2.24. The van der Waals surface area contributed by atoms with Crippen LogP contribution in [-0.2, 0) is 0 Å². The van der Waals surface area contributed by atoms with Gasteiger partial charge in [-0.2, -0.15) is 0 Å². The molecular weight excluding hydrogens is 202 g/mol. The van der Waals surface area contributed by atoms with Gasteiger partial charge in [0.1, 0.15) is 17.5 Å². The SMILES string of the molecule is Cc1nc(NN)cc(N2CCC(C)(C)C2)n1. The molecule has 1 aromatic rings. The minimum absolute atomic E-state index is 0.370. The number of nitrogens with one attached hydrogen (secondary N) is 1. The van der Waals surface area contributed by atoms with Crippen molar-refractivity contribution in [1.82, 2.24) is 9.97 Å². The van der Waals surface area contributed by atoms with Crippen LogP contribution in [0.25, 0.3) is 0 Å². The molecule has 3 N–H and O–H groups in total. The minimum Gasteiger partial charge on any atom is -0.356 e. The van der Waals surface area contributed by atoms with Crippen molar-refractivity contribution in [3.05, 3.63) is 11.9 Å². The number of rotatable bonds is 2. The summed E-state index contributed by atoms with van der Waals surface area (Å²) < 4.78 is 0. The van der Waals surface area contributed by atoms with Crippen LogP contribution in [0.2, 0.25) is 0 Å². The molecule has 0 amide bonds. The highest BCUT2D eigenvalue weighted by Gasteiger charge is 2.30. The van der Waals surface area contributed by atoms with Crippen LogP contribution in [0.15, 0.2) is 6.07 Å². The van der Waals surface area contributed by atoms with Crippen LogP contribution in [0.3, 0.4) is 0 Å². The Bertz CT molecular complexity index is 388. The lowest BCUT2D eigenvalue weighted by molar-refractivity contribution is 0.418. The number of nitrogens with zero attached hydrogens (tertiary/aromatic N) is 3. The standard InChI is InChI=1S/C11H19N5/c1-8-13-9(15-12)6-10(14-8)16-5-4-11(2,3)7-16/h6H,4-5,7,12H2,1-3H3,(H,13,14,15).